The van der Waals surface area contributed by atoms with Crippen LogP contribution in [-0.4, -0.2) is 105 Å². The van der Waals surface area contributed by atoms with E-state index < -0.39 is 38.6 Å². The van der Waals surface area contributed by atoms with Crippen LogP contribution in [-0.2, 0) is 27.7 Å². The lowest BCUT2D eigenvalue weighted by Gasteiger charge is -2.27. The monoisotopic (exact) mass is 661 g/mol. The summed E-state index contributed by atoms with van der Waals surface area (Å²) in [6.07, 6.45) is 0.0223. The van der Waals surface area contributed by atoms with E-state index in [9.17, 15) is 31.9 Å². The molecule has 0 aliphatic carbocycles. The van der Waals surface area contributed by atoms with Crippen LogP contribution < -0.4 is 15.5 Å². The van der Waals surface area contributed by atoms with Crippen molar-refractivity contribution in [2.75, 3.05) is 69.5 Å². The molecule has 0 bridgehead atoms. The molecule has 3 aromatic rings. The number of likely N-dealkylation sites (N-methyl/N-ethyl adjacent to an activating group) is 2. The zero-order chi connectivity index (χ0) is 33.2. The minimum atomic E-state index is -4.38. The van der Waals surface area contributed by atoms with Crippen molar-refractivity contribution in [2.45, 2.75) is 36.7 Å². The third kappa shape index (κ3) is 7.30. The second kappa shape index (κ2) is 13.7. The van der Waals surface area contributed by atoms with Gasteiger partial charge in [0.05, 0.1) is 16.2 Å². The van der Waals surface area contributed by atoms with Gasteiger partial charge in [0, 0.05) is 81.9 Å². The summed E-state index contributed by atoms with van der Waals surface area (Å²) in [5.41, 5.74) is 2.11. The minimum absolute atomic E-state index is 0.0630. The quantitative estimate of drug-likeness (QED) is 0.296. The van der Waals surface area contributed by atoms with Gasteiger partial charge < -0.3 is 30.3 Å². The summed E-state index contributed by atoms with van der Waals surface area (Å²) in [5, 5.41) is 20.1. The molecule has 0 atom stereocenters. The fraction of sp³-hybridized carbons (Fsp3) is 0.433. The summed E-state index contributed by atoms with van der Waals surface area (Å²) in [5.74, 6) is -2.81. The topological polar surface area (TPSA) is 149 Å². The first-order valence-corrected chi connectivity index (χ1v) is 16.2. The number of hydrogen-bond acceptors (Lipinski definition) is 9. The van der Waals surface area contributed by atoms with Gasteiger partial charge in [-0.2, -0.15) is 8.99 Å². The van der Waals surface area contributed by atoms with Crippen LogP contribution in [0.15, 0.2) is 41.3 Å². The van der Waals surface area contributed by atoms with Gasteiger partial charge in [0.1, 0.15) is 11.6 Å². The molecule has 0 unspecified atom stereocenters. The van der Waals surface area contributed by atoms with E-state index in [1.165, 1.54) is 0 Å². The van der Waals surface area contributed by atoms with E-state index >= 15 is 0 Å². The second-order valence-electron chi connectivity index (χ2n) is 11.6. The van der Waals surface area contributed by atoms with Gasteiger partial charge in [0.2, 0.25) is 10.0 Å². The Kier molecular flexibility index (Phi) is 9.91. The first-order chi connectivity index (χ1) is 21.8. The van der Waals surface area contributed by atoms with Gasteiger partial charge in [-0.15, -0.1) is 5.10 Å². The zero-order valence-electron chi connectivity index (χ0n) is 25.8. The number of hydrogen-bond donors (Lipinski definition) is 3. The summed E-state index contributed by atoms with van der Waals surface area (Å²) in [6.45, 7) is 2.20. The minimum Gasteiger partial charge on any atom is -0.463 e. The third-order valence-corrected chi connectivity index (χ3v) is 9.88. The molecular weight excluding hydrogens is 624 g/mol. The summed E-state index contributed by atoms with van der Waals surface area (Å²) < 4.78 is 61.6. The molecule has 1 fully saturated rings. The molecule has 13 nitrogen and oxygen atoms in total. The van der Waals surface area contributed by atoms with Crippen LogP contribution in [0.25, 0.3) is 0 Å². The van der Waals surface area contributed by atoms with Gasteiger partial charge >= 0.3 is 6.09 Å². The molecule has 3 N–H and O–H groups in total. The average Bonchev–Trinajstić information content (AvgIpc) is 3.37. The molecule has 5 rings (SSSR count). The van der Waals surface area contributed by atoms with Crippen molar-refractivity contribution in [3.8, 4) is 0 Å². The number of amides is 1. The van der Waals surface area contributed by atoms with Crippen LogP contribution >= 0.6 is 0 Å². The number of ether oxygens (including phenoxy) is 1. The van der Waals surface area contributed by atoms with E-state index in [4.69, 9.17) is 4.74 Å². The van der Waals surface area contributed by atoms with E-state index in [1.54, 1.807) is 6.07 Å². The normalized spacial score (nSPS) is 15.9. The average molecular weight is 662 g/mol. The number of aromatic nitrogens is 2. The fourth-order valence-corrected chi connectivity index (χ4v) is 6.94. The first kappa shape index (κ1) is 33.2. The highest BCUT2D eigenvalue weighted by Gasteiger charge is 2.35. The zero-order valence-corrected chi connectivity index (χ0v) is 26.6. The number of anilines is 3. The molecule has 0 spiro atoms. The molecule has 0 radical (unpaired) electrons. The highest BCUT2D eigenvalue weighted by atomic mass is 32.2. The second-order valence-corrected chi connectivity index (χ2v) is 13.5. The molecule has 46 heavy (non-hydrogen) atoms. The Morgan fingerprint density at radius 3 is 2.41 bits per heavy atom. The van der Waals surface area contributed by atoms with Crippen LogP contribution in [0.3, 0.4) is 0 Å². The maximum absolute atomic E-state index is 13.9. The van der Waals surface area contributed by atoms with Gasteiger partial charge in [-0.25, -0.2) is 22.0 Å². The lowest BCUT2D eigenvalue weighted by molar-refractivity contribution is 0.0904. The summed E-state index contributed by atoms with van der Waals surface area (Å²) in [4.78, 5) is 29.4. The molecule has 1 aromatic heterocycles. The van der Waals surface area contributed by atoms with Gasteiger partial charge in [-0.1, -0.05) is 0 Å². The Morgan fingerprint density at radius 2 is 1.76 bits per heavy atom. The number of rotatable bonds is 10. The molecule has 2 aromatic carbocycles. The predicted molar refractivity (Wildman–Crippen MR) is 167 cm³/mol. The summed E-state index contributed by atoms with van der Waals surface area (Å²) >= 11 is 0. The molecule has 3 heterocycles. The maximum atomic E-state index is 13.9. The number of halogens is 2. The van der Waals surface area contributed by atoms with Crippen LogP contribution in [0, 0.1) is 11.6 Å². The van der Waals surface area contributed by atoms with Crippen LogP contribution in [0.4, 0.5) is 30.8 Å². The number of nitrogens with zero attached hydrogens (tertiary/aromatic N) is 5. The number of nitrogens with one attached hydrogen (secondary N) is 2. The molecule has 248 valence electrons. The van der Waals surface area contributed by atoms with E-state index in [0.29, 0.717) is 41.8 Å². The van der Waals surface area contributed by atoms with Gasteiger partial charge in [-0.05, 0) is 57.3 Å². The van der Waals surface area contributed by atoms with Crippen molar-refractivity contribution >= 4 is 39.2 Å². The molecule has 0 saturated carbocycles. The summed E-state index contributed by atoms with van der Waals surface area (Å²) in [7, 11) is 1.55. The van der Waals surface area contributed by atoms with Crippen molar-refractivity contribution in [1.82, 2.24) is 19.0 Å². The Morgan fingerprint density at radius 1 is 1.07 bits per heavy atom. The number of benzene rings is 2. The third-order valence-electron chi connectivity index (χ3n) is 8.06. The fourth-order valence-electron chi connectivity index (χ4n) is 5.49. The molecule has 16 heteroatoms. The number of carbonyl (C=O) groups is 2. The van der Waals surface area contributed by atoms with Crippen molar-refractivity contribution in [3.63, 3.8) is 0 Å². The van der Waals surface area contributed by atoms with Gasteiger partial charge in [0.25, 0.3) is 5.91 Å². The van der Waals surface area contributed by atoms with Crippen molar-refractivity contribution in [1.29, 1.82) is 0 Å². The lowest BCUT2D eigenvalue weighted by atomic mass is 10.1. The SMILES string of the molecule is CN(C)CCN(C)c1ccc(C(=O)Nc2nn(C(=O)O)c3c2CN(S(=O)(=O)c2cc(F)cc(F)c2)CC3)c(NC2CCOCC2)c1. The van der Waals surface area contributed by atoms with E-state index in [1.807, 2.05) is 33.3 Å². The highest BCUT2D eigenvalue weighted by Crippen LogP contribution is 2.32. The van der Waals surface area contributed by atoms with Crippen LogP contribution in [0.5, 0.6) is 0 Å². The maximum Gasteiger partial charge on any atom is 0.432 e. The molecule has 2 aliphatic rings. The van der Waals surface area contributed by atoms with E-state index in [-0.39, 0.29) is 48.2 Å². The number of fused-ring (bicyclic) bond motifs is 1. The molecule has 2 aliphatic heterocycles. The molecular formula is C30H37F2N7O6S. The largest absolute Gasteiger partial charge is 0.463 e. The molecule has 1 amide bonds. The Labute approximate surface area is 265 Å². The van der Waals surface area contributed by atoms with Crippen molar-refractivity contribution in [3.05, 3.63) is 64.9 Å². The van der Waals surface area contributed by atoms with Gasteiger partial charge in [-0.3, -0.25) is 4.79 Å². The molecule has 1 saturated heterocycles. The van der Waals surface area contributed by atoms with E-state index in [2.05, 4.69) is 25.5 Å². The van der Waals surface area contributed by atoms with Gasteiger partial charge in [0.15, 0.2) is 5.82 Å². The number of carboxylic acid groups (broad SMARTS) is 1. The number of sulfonamides is 1. The van der Waals surface area contributed by atoms with Crippen molar-refractivity contribution < 1.29 is 36.6 Å². The summed E-state index contributed by atoms with van der Waals surface area (Å²) in [6, 6.07) is 7.44. The Hall–Kier alpha value is -4.12. The van der Waals surface area contributed by atoms with Crippen LogP contribution in [0.1, 0.15) is 34.5 Å². The van der Waals surface area contributed by atoms with Crippen LogP contribution in [0.2, 0.25) is 0 Å². The predicted octanol–water partition coefficient (Wildman–Crippen LogP) is 3.28. The van der Waals surface area contributed by atoms with Crippen molar-refractivity contribution in [2.24, 2.45) is 0 Å². The first-order valence-electron chi connectivity index (χ1n) is 14.8. The Bertz CT molecular complexity index is 1710. The highest BCUT2D eigenvalue weighted by molar-refractivity contribution is 7.89. The standard InChI is InChI=1S/C30H37F2N7O6S/c1-36(2)10-11-37(3)22-4-5-24(26(17-22)33-21-7-12-45-13-8-21)29(40)34-28-25-18-38(9-6-27(25)39(35-28)30(41)42)46(43,44)23-15-19(31)14-20(32)16-23/h4-5,14-17,21,33H,6-13,18H2,1-3H3,(H,41,42)(H,34,35,40). The smallest absolute Gasteiger partial charge is 0.432 e. The lowest BCUT2D eigenvalue weighted by Crippen LogP contribution is -2.37. The Balaban J connectivity index is 1.45. The number of carbonyl (C=O) groups excluding carboxylic acids is 1. The van der Waals surface area contributed by atoms with E-state index in [0.717, 1.165) is 35.9 Å².